The highest BCUT2D eigenvalue weighted by molar-refractivity contribution is 7.00. The Balaban J connectivity index is 1.16. The summed E-state index contributed by atoms with van der Waals surface area (Å²) in [6, 6.07) is 52.6. The fourth-order valence-corrected chi connectivity index (χ4v) is 21.3. The van der Waals surface area contributed by atoms with Crippen molar-refractivity contribution < 1.29 is 0 Å². The molecule has 3 heteroatoms. The lowest BCUT2D eigenvalue weighted by Crippen LogP contribution is -2.61. The van der Waals surface area contributed by atoms with Crippen LogP contribution in [0.4, 0.5) is 0 Å². The van der Waals surface area contributed by atoms with E-state index in [2.05, 4.69) is 247 Å². The van der Waals surface area contributed by atoms with Gasteiger partial charge in [0.2, 0.25) is 0 Å². The Bertz CT molecular complexity index is 5110. The average molecular weight is 1150 g/mol. The van der Waals surface area contributed by atoms with Crippen molar-refractivity contribution in [2.45, 2.75) is 211 Å². The van der Waals surface area contributed by atoms with Gasteiger partial charge >= 0.3 is 0 Å². The summed E-state index contributed by atoms with van der Waals surface area (Å²) < 4.78 is 5.95. The molecule has 0 N–H and O–H groups in total. The van der Waals surface area contributed by atoms with Gasteiger partial charge in [0.1, 0.15) is 0 Å². The van der Waals surface area contributed by atoms with Crippen molar-refractivity contribution in [1.29, 1.82) is 0 Å². The molecule has 88 heavy (non-hydrogen) atoms. The van der Waals surface area contributed by atoms with Crippen LogP contribution < -0.4 is 16.4 Å². The first-order valence-corrected chi connectivity index (χ1v) is 34.0. The second-order valence-electron chi connectivity index (χ2n) is 34.8. The molecular weight excluding hydrogens is 1060 g/mol. The minimum absolute atomic E-state index is 0.0347. The number of rotatable bonds is 1. The highest BCUT2D eigenvalue weighted by Crippen LogP contribution is 2.67. The second-order valence-corrected chi connectivity index (χ2v) is 34.8. The molecule has 438 valence electrons. The van der Waals surface area contributed by atoms with Crippen LogP contribution in [-0.4, -0.2) is 15.8 Å². The van der Waals surface area contributed by atoms with E-state index in [0.717, 1.165) is 44.9 Å². The summed E-state index contributed by atoms with van der Waals surface area (Å²) in [5.74, 6) is 0. The maximum Gasteiger partial charge on any atom is 0.252 e. The molecule has 5 aliphatic carbocycles. The molecule has 5 heterocycles. The van der Waals surface area contributed by atoms with E-state index in [-0.39, 0.29) is 50.0 Å². The molecule has 19 rings (SSSR count). The van der Waals surface area contributed by atoms with Crippen LogP contribution in [0, 0.1) is 0 Å². The summed E-state index contributed by atoms with van der Waals surface area (Å²) in [6.45, 7) is 41.5. The second kappa shape index (κ2) is 15.7. The van der Waals surface area contributed by atoms with E-state index < -0.39 is 5.41 Å². The van der Waals surface area contributed by atoms with Crippen LogP contribution in [0.25, 0.3) is 88.0 Å². The van der Waals surface area contributed by atoms with Gasteiger partial charge in [0, 0.05) is 43.8 Å². The lowest BCUT2D eigenvalue weighted by molar-refractivity contribution is 0.333. The van der Waals surface area contributed by atoms with Crippen molar-refractivity contribution >= 4 is 77.5 Å². The summed E-state index contributed by atoms with van der Waals surface area (Å²) in [5.41, 5.74) is 36.1. The lowest BCUT2D eigenvalue weighted by Gasteiger charge is -2.48. The molecule has 2 nitrogen and oxygen atoms in total. The molecule has 3 aliphatic heterocycles. The Morgan fingerprint density at radius 2 is 0.739 bits per heavy atom. The zero-order chi connectivity index (χ0) is 60.6. The van der Waals surface area contributed by atoms with Crippen molar-refractivity contribution in [3.8, 4) is 33.6 Å². The fourth-order valence-electron chi connectivity index (χ4n) is 21.3. The maximum absolute atomic E-state index is 3.00. The van der Waals surface area contributed by atoms with E-state index in [4.69, 9.17) is 0 Å². The van der Waals surface area contributed by atoms with Gasteiger partial charge in [0.15, 0.2) is 0 Å². The van der Waals surface area contributed by atoms with Crippen molar-refractivity contribution in [2.75, 3.05) is 0 Å². The molecule has 9 aromatic carbocycles. The minimum Gasteiger partial charge on any atom is -0.310 e. The summed E-state index contributed by atoms with van der Waals surface area (Å²) >= 11 is 0. The van der Waals surface area contributed by atoms with Gasteiger partial charge in [-0.3, -0.25) is 0 Å². The summed E-state index contributed by atoms with van der Waals surface area (Å²) in [4.78, 5) is 0. The third-order valence-electron chi connectivity index (χ3n) is 26.2. The molecule has 0 saturated heterocycles. The molecule has 1 spiro atoms. The van der Waals surface area contributed by atoms with E-state index in [9.17, 15) is 0 Å². The SMILES string of the molecule is CC1(C)CCC(C)(C)c2c1ccc1c2c2c3c(cc4c2n1-c1c(-c2cccc5ccccc25)cc2c5c1B4c1cc4c(c6c7c8c(cc(c7n-5c16)C21c2ccccc2-c2ccccc21)C(C)(C)CCC8(C)C)C(C)(C)CCC4(C)C)C(C)(C)CCC3(C)C. The van der Waals surface area contributed by atoms with Crippen LogP contribution in [-0.2, 0) is 48.7 Å². The molecule has 0 amide bonds. The Hall–Kier alpha value is -7.10. The predicted molar refractivity (Wildman–Crippen MR) is 375 cm³/mol. The number of nitrogens with zero attached hydrogens (tertiary/aromatic N) is 2. The number of aromatic nitrogens is 2. The summed E-state index contributed by atoms with van der Waals surface area (Å²) in [6.07, 6.45) is 9.30. The van der Waals surface area contributed by atoms with Crippen molar-refractivity contribution in [3.63, 3.8) is 0 Å². The lowest BCUT2D eigenvalue weighted by atomic mass is 9.33. The first-order chi connectivity index (χ1) is 41.6. The van der Waals surface area contributed by atoms with Gasteiger partial charge in [0.25, 0.3) is 6.71 Å². The number of hydrogen-bond acceptors (Lipinski definition) is 0. The van der Waals surface area contributed by atoms with Crippen LogP contribution in [0.3, 0.4) is 0 Å². The average Bonchev–Trinajstić information content (AvgIpc) is 1.30. The molecule has 11 aromatic rings. The third-order valence-corrected chi connectivity index (χ3v) is 26.2. The molecule has 0 radical (unpaired) electrons. The van der Waals surface area contributed by atoms with Gasteiger partial charge < -0.3 is 9.13 Å². The number of fused-ring (bicyclic) bond motifs is 23. The van der Waals surface area contributed by atoms with Crippen molar-refractivity contribution in [3.05, 3.63) is 194 Å². The van der Waals surface area contributed by atoms with E-state index in [0.29, 0.717) is 0 Å². The van der Waals surface area contributed by atoms with Crippen LogP contribution in [0.5, 0.6) is 0 Å². The molecule has 0 fully saturated rings. The molecule has 0 atom stereocenters. The maximum atomic E-state index is 3.00. The van der Waals surface area contributed by atoms with Crippen molar-refractivity contribution in [1.82, 2.24) is 9.13 Å². The molecule has 8 aliphatic rings. The minimum atomic E-state index is -0.645. The van der Waals surface area contributed by atoms with Gasteiger partial charge in [-0.05, 0) is 217 Å². The zero-order valence-corrected chi connectivity index (χ0v) is 55.3. The van der Waals surface area contributed by atoms with Crippen LogP contribution in [0.15, 0.2) is 127 Å². The van der Waals surface area contributed by atoms with Crippen LogP contribution in [0.1, 0.15) is 229 Å². The van der Waals surface area contributed by atoms with Gasteiger partial charge in [-0.15, -0.1) is 0 Å². The predicted octanol–water partition coefficient (Wildman–Crippen LogP) is 19.9. The van der Waals surface area contributed by atoms with Crippen molar-refractivity contribution in [2.24, 2.45) is 0 Å². The molecule has 0 unspecified atom stereocenters. The Labute approximate surface area is 522 Å². The largest absolute Gasteiger partial charge is 0.310 e. The summed E-state index contributed by atoms with van der Waals surface area (Å²) in [5, 5.41) is 8.80. The standard InChI is InChI=1S/C85H85BN2/c1-77(2)34-38-81(9,10)67-54(77)32-33-62-63(67)64-69-56(79(5,6)36-40-83(69,13)14)44-60-75(64)87(62)72-51(48-29-23-25-46-24-17-18-26-47(46)48)42-58-74-71(72)86(60)61-45-57-70(84(15,16)41-37-80(57,7)8)66-65-68-55(78(3,4)35-39-82(68,11)12)43-59(73(65)88(74)76(61)66)85(58)52-30-21-19-27-49(52)50-28-20-22-31-53(50)85/h17-33,42-45H,34-41H2,1-16H3. The highest BCUT2D eigenvalue weighted by atomic mass is 15.1. The first-order valence-electron chi connectivity index (χ1n) is 34.0. The quantitative estimate of drug-likeness (QED) is 0.145. The molecule has 0 bridgehead atoms. The van der Waals surface area contributed by atoms with Gasteiger partial charge in [0.05, 0.1) is 22.1 Å². The molecule has 2 aromatic heterocycles. The van der Waals surface area contributed by atoms with E-state index in [1.807, 2.05) is 0 Å². The van der Waals surface area contributed by atoms with Gasteiger partial charge in [-0.1, -0.05) is 226 Å². The highest BCUT2D eigenvalue weighted by Gasteiger charge is 2.59. The van der Waals surface area contributed by atoms with E-state index in [1.165, 1.54) is 117 Å². The zero-order valence-electron chi connectivity index (χ0n) is 55.3. The molecular formula is C85H85BN2. The van der Waals surface area contributed by atoms with E-state index >= 15 is 0 Å². The first kappa shape index (κ1) is 52.8. The molecule has 0 saturated carbocycles. The monoisotopic (exact) mass is 1140 g/mol. The van der Waals surface area contributed by atoms with Gasteiger partial charge in [-0.25, -0.2) is 0 Å². The number of hydrogen-bond donors (Lipinski definition) is 0. The normalized spacial score (nSPS) is 21.6. The fraction of sp³-hybridized carbons (Fsp3) is 0.388. The van der Waals surface area contributed by atoms with Gasteiger partial charge in [-0.2, -0.15) is 0 Å². The summed E-state index contributed by atoms with van der Waals surface area (Å²) in [7, 11) is 0. The Morgan fingerprint density at radius 1 is 0.307 bits per heavy atom. The van der Waals surface area contributed by atoms with E-state index in [1.54, 1.807) is 60.7 Å². The third kappa shape index (κ3) is 5.90. The van der Waals surface area contributed by atoms with Crippen LogP contribution in [0.2, 0.25) is 0 Å². The van der Waals surface area contributed by atoms with Crippen LogP contribution >= 0.6 is 0 Å². The smallest absolute Gasteiger partial charge is 0.252 e. The Morgan fingerprint density at radius 3 is 1.31 bits per heavy atom. The topological polar surface area (TPSA) is 9.86 Å². The Kier molecular flexibility index (Phi) is 9.43. The number of benzene rings is 9.